The molecule has 2 aromatic carbocycles. The Balaban J connectivity index is 1.58. The molecule has 0 saturated carbocycles. The van der Waals surface area contributed by atoms with Crippen LogP contribution in [0.4, 0.5) is 0 Å². The third-order valence-corrected chi connectivity index (χ3v) is 5.37. The summed E-state index contributed by atoms with van der Waals surface area (Å²) in [6.45, 7) is 4.88. The fraction of sp³-hybridized carbons (Fsp3) is 0.167. The molecule has 3 heterocycles. The maximum absolute atomic E-state index is 13.2. The van der Waals surface area contributed by atoms with Crippen molar-refractivity contribution in [2.24, 2.45) is 0 Å². The Labute approximate surface area is 178 Å². The summed E-state index contributed by atoms with van der Waals surface area (Å²) in [5, 5.41) is 13.3. The van der Waals surface area contributed by atoms with E-state index in [4.69, 9.17) is 4.42 Å². The molecule has 0 spiro atoms. The van der Waals surface area contributed by atoms with Crippen LogP contribution < -0.4 is 0 Å². The molecule has 0 fully saturated rings. The molecule has 7 heteroatoms. The van der Waals surface area contributed by atoms with E-state index < -0.39 is 0 Å². The Kier molecular flexibility index (Phi) is 4.71. The average molecular weight is 411 g/mol. The quantitative estimate of drug-likeness (QED) is 0.430. The van der Waals surface area contributed by atoms with E-state index in [2.05, 4.69) is 27.7 Å². The van der Waals surface area contributed by atoms with Gasteiger partial charge in [0, 0.05) is 17.5 Å². The normalized spacial score (nSPS) is 11.3. The number of hydrogen-bond acceptors (Lipinski definition) is 5. The van der Waals surface area contributed by atoms with E-state index >= 15 is 0 Å². The van der Waals surface area contributed by atoms with Gasteiger partial charge in [0.1, 0.15) is 0 Å². The van der Waals surface area contributed by atoms with Crippen LogP contribution in [0.1, 0.15) is 32.8 Å². The van der Waals surface area contributed by atoms with Crippen LogP contribution >= 0.6 is 0 Å². The maximum atomic E-state index is 13.2. The summed E-state index contributed by atoms with van der Waals surface area (Å²) in [6.07, 6.45) is 1.51. The van der Waals surface area contributed by atoms with Crippen LogP contribution in [-0.4, -0.2) is 30.8 Å². The topological polar surface area (TPSA) is 76.5 Å². The van der Waals surface area contributed by atoms with Crippen molar-refractivity contribution in [1.29, 1.82) is 0 Å². The van der Waals surface area contributed by atoms with Crippen molar-refractivity contribution >= 4 is 22.5 Å². The van der Waals surface area contributed by atoms with Gasteiger partial charge in [0.05, 0.1) is 18.3 Å². The predicted molar refractivity (Wildman–Crippen MR) is 116 cm³/mol. The van der Waals surface area contributed by atoms with Gasteiger partial charge in [-0.05, 0) is 60.2 Å². The number of amides is 1. The summed E-state index contributed by atoms with van der Waals surface area (Å²) in [6, 6.07) is 19.8. The molecule has 0 saturated heterocycles. The predicted octanol–water partition coefficient (Wildman–Crippen LogP) is 4.33. The third kappa shape index (κ3) is 3.66. The molecule has 3 aromatic heterocycles. The molecule has 1 amide bonds. The molecule has 7 nitrogen and oxygen atoms in total. The van der Waals surface area contributed by atoms with Gasteiger partial charge in [0.15, 0.2) is 11.4 Å². The van der Waals surface area contributed by atoms with Crippen LogP contribution in [0.25, 0.3) is 16.6 Å². The van der Waals surface area contributed by atoms with Gasteiger partial charge in [-0.3, -0.25) is 4.79 Å². The number of hydrogen-bond donors (Lipinski definition) is 0. The molecule has 0 aliphatic heterocycles. The Morgan fingerprint density at radius 2 is 1.81 bits per heavy atom. The first-order valence-electron chi connectivity index (χ1n) is 10.1. The van der Waals surface area contributed by atoms with Crippen molar-refractivity contribution in [3.05, 3.63) is 94.9 Å². The molecule has 31 heavy (non-hydrogen) atoms. The van der Waals surface area contributed by atoms with E-state index in [0.29, 0.717) is 24.5 Å². The summed E-state index contributed by atoms with van der Waals surface area (Å²) in [5.74, 6) is 0.125. The fourth-order valence-corrected chi connectivity index (χ4v) is 3.78. The molecule has 5 aromatic rings. The van der Waals surface area contributed by atoms with Crippen LogP contribution in [0.5, 0.6) is 0 Å². The van der Waals surface area contributed by atoms with Gasteiger partial charge in [-0.25, -0.2) is 0 Å². The SMILES string of the molecule is Cc1ccc(CN(Cc2cc3cc(C)ccc3n3nnnc23)C(=O)c2ccco2)cc1. The van der Waals surface area contributed by atoms with E-state index in [1.165, 1.54) is 11.8 Å². The van der Waals surface area contributed by atoms with Gasteiger partial charge in [0.2, 0.25) is 0 Å². The van der Waals surface area contributed by atoms with Gasteiger partial charge in [-0.1, -0.05) is 41.5 Å². The lowest BCUT2D eigenvalue weighted by atomic mass is 10.1. The van der Waals surface area contributed by atoms with Crippen LogP contribution in [0.15, 0.2) is 71.3 Å². The second-order valence-electron chi connectivity index (χ2n) is 7.77. The van der Waals surface area contributed by atoms with Crippen molar-refractivity contribution in [2.75, 3.05) is 0 Å². The van der Waals surface area contributed by atoms with E-state index in [1.54, 1.807) is 21.5 Å². The first-order chi connectivity index (χ1) is 15.1. The van der Waals surface area contributed by atoms with Gasteiger partial charge in [-0.15, -0.1) is 5.10 Å². The van der Waals surface area contributed by atoms with Crippen molar-refractivity contribution in [3.63, 3.8) is 0 Å². The molecule has 0 unspecified atom stereocenters. The summed E-state index contributed by atoms with van der Waals surface area (Å²) < 4.78 is 7.12. The highest BCUT2D eigenvalue weighted by molar-refractivity contribution is 5.91. The summed E-state index contributed by atoms with van der Waals surface area (Å²) in [4.78, 5) is 15.0. The Hall–Kier alpha value is -4.00. The molecular weight excluding hydrogens is 390 g/mol. The van der Waals surface area contributed by atoms with Crippen LogP contribution in [0, 0.1) is 13.8 Å². The second kappa shape index (κ2) is 7.68. The number of pyridine rings is 1. The van der Waals surface area contributed by atoms with Gasteiger partial charge in [-0.2, -0.15) is 4.52 Å². The van der Waals surface area contributed by atoms with Crippen LogP contribution in [-0.2, 0) is 13.1 Å². The molecule has 0 bridgehead atoms. The minimum atomic E-state index is -0.180. The number of carbonyl (C=O) groups is 1. The Morgan fingerprint density at radius 3 is 2.58 bits per heavy atom. The minimum Gasteiger partial charge on any atom is -0.459 e. The van der Waals surface area contributed by atoms with Crippen LogP contribution in [0.2, 0.25) is 0 Å². The number of fused-ring (bicyclic) bond motifs is 3. The number of furan rings is 1. The molecule has 0 aliphatic rings. The number of aryl methyl sites for hydroxylation is 2. The van der Waals surface area contributed by atoms with E-state index in [1.807, 2.05) is 50.2 Å². The largest absolute Gasteiger partial charge is 0.459 e. The number of nitrogens with zero attached hydrogens (tertiary/aromatic N) is 5. The smallest absolute Gasteiger partial charge is 0.290 e. The number of carbonyl (C=O) groups excluding carboxylic acids is 1. The van der Waals surface area contributed by atoms with Crippen LogP contribution in [0.3, 0.4) is 0 Å². The van der Waals surface area contributed by atoms with E-state index in [9.17, 15) is 4.79 Å². The van der Waals surface area contributed by atoms with Crippen molar-refractivity contribution in [3.8, 4) is 0 Å². The summed E-state index contributed by atoms with van der Waals surface area (Å²) in [7, 11) is 0. The first-order valence-corrected chi connectivity index (χ1v) is 10.1. The van der Waals surface area contributed by atoms with Gasteiger partial charge in [0.25, 0.3) is 5.91 Å². The first kappa shape index (κ1) is 19.0. The van der Waals surface area contributed by atoms with E-state index in [0.717, 1.165) is 27.6 Å². The highest BCUT2D eigenvalue weighted by Gasteiger charge is 2.21. The Morgan fingerprint density at radius 1 is 1.00 bits per heavy atom. The van der Waals surface area contributed by atoms with Crippen molar-refractivity contribution in [1.82, 2.24) is 24.9 Å². The zero-order valence-electron chi connectivity index (χ0n) is 17.3. The summed E-state index contributed by atoms with van der Waals surface area (Å²) in [5.41, 5.74) is 5.80. The number of rotatable bonds is 5. The molecule has 5 rings (SSSR count). The molecule has 0 atom stereocenters. The lowest BCUT2D eigenvalue weighted by Gasteiger charge is -2.22. The van der Waals surface area contributed by atoms with Gasteiger partial charge < -0.3 is 9.32 Å². The van der Waals surface area contributed by atoms with E-state index in [-0.39, 0.29) is 5.91 Å². The lowest BCUT2D eigenvalue weighted by Crippen LogP contribution is -2.30. The maximum Gasteiger partial charge on any atom is 0.290 e. The molecule has 0 radical (unpaired) electrons. The molecule has 0 aliphatic carbocycles. The lowest BCUT2D eigenvalue weighted by molar-refractivity contribution is 0.0698. The summed E-state index contributed by atoms with van der Waals surface area (Å²) >= 11 is 0. The van der Waals surface area contributed by atoms with Crippen molar-refractivity contribution in [2.45, 2.75) is 26.9 Å². The number of benzene rings is 2. The molecule has 0 N–H and O–H groups in total. The number of tetrazole rings is 1. The average Bonchev–Trinajstić information content (AvgIpc) is 3.46. The highest BCUT2D eigenvalue weighted by Crippen LogP contribution is 2.23. The molecule has 154 valence electrons. The monoisotopic (exact) mass is 411 g/mol. The standard InChI is InChI=1S/C24H21N5O2/c1-16-5-8-18(9-6-16)14-28(24(30)22-4-3-11-31-22)15-20-13-19-12-17(2)7-10-21(19)29-23(20)25-26-27-29/h3-13H,14-15H2,1-2H3. The van der Waals surface area contributed by atoms with Crippen molar-refractivity contribution < 1.29 is 9.21 Å². The van der Waals surface area contributed by atoms with Gasteiger partial charge >= 0.3 is 0 Å². The third-order valence-electron chi connectivity index (χ3n) is 5.37. The zero-order chi connectivity index (χ0) is 21.4. The minimum absolute atomic E-state index is 0.180. The second-order valence-corrected chi connectivity index (χ2v) is 7.77. The highest BCUT2D eigenvalue weighted by atomic mass is 16.3. The number of aromatic nitrogens is 4. The Bertz CT molecular complexity index is 1370. The molecular formula is C24H21N5O2. The zero-order valence-corrected chi connectivity index (χ0v) is 17.3. The fourth-order valence-electron chi connectivity index (χ4n) is 3.78.